The Labute approximate surface area is 118 Å². The maximum Gasteiger partial charge on any atom is 0.119 e. The highest BCUT2D eigenvalue weighted by Gasteiger charge is 2.03. The van der Waals surface area contributed by atoms with Crippen molar-refractivity contribution in [2.45, 2.75) is 13.1 Å². The number of benzene rings is 2. The molecule has 0 saturated carbocycles. The van der Waals surface area contributed by atoms with Gasteiger partial charge in [-0.15, -0.1) is 0 Å². The molecule has 0 aliphatic heterocycles. The molecule has 0 saturated heterocycles. The SMILES string of the molecule is COc1cccc(Cn2ccc3ccc(CN)cc32)c1. The lowest BCUT2D eigenvalue weighted by Gasteiger charge is -2.08. The average molecular weight is 266 g/mol. The normalized spacial score (nSPS) is 10.9. The van der Waals surface area contributed by atoms with Crippen LogP contribution >= 0.6 is 0 Å². The highest BCUT2D eigenvalue weighted by Crippen LogP contribution is 2.20. The third kappa shape index (κ3) is 2.40. The number of ether oxygens (including phenoxy) is 1. The number of aromatic nitrogens is 1. The van der Waals surface area contributed by atoms with Gasteiger partial charge in [-0.25, -0.2) is 0 Å². The van der Waals surface area contributed by atoms with Gasteiger partial charge < -0.3 is 15.0 Å². The molecule has 0 bridgehead atoms. The summed E-state index contributed by atoms with van der Waals surface area (Å²) in [5, 5.41) is 1.24. The fraction of sp³-hybridized carbons (Fsp3) is 0.176. The molecule has 0 atom stereocenters. The Bertz CT molecular complexity index is 731. The first-order valence-electron chi connectivity index (χ1n) is 6.71. The molecule has 1 aromatic heterocycles. The summed E-state index contributed by atoms with van der Waals surface area (Å²) in [6.45, 7) is 1.40. The zero-order valence-electron chi connectivity index (χ0n) is 11.5. The first-order chi connectivity index (χ1) is 9.80. The van der Waals surface area contributed by atoms with Crippen molar-refractivity contribution < 1.29 is 4.74 Å². The molecule has 3 nitrogen and oxygen atoms in total. The van der Waals surface area contributed by atoms with Crippen LogP contribution in [0.2, 0.25) is 0 Å². The second-order valence-electron chi connectivity index (χ2n) is 4.89. The zero-order chi connectivity index (χ0) is 13.9. The highest BCUT2D eigenvalue weighted by molar-refractivity contribution is 5.81. The van der Waals surface area contributed by atoms with Crippen molar-refractivity contribution in [3.8, 4) is 5.75 Å². The maximum absolute atomic E-state index is 5.72. The molecule has 3 rings (SSSR count). The van der Waals surface area contributed by atoms with Crippen LogP contribution in [0, 0.1) is 0 Å². The monoisotopic (exact) mass is 266 g/mol. The Morgan fingerprint density at radius 1 is 1.05 bits per heavy atom. The van der Waals surface area contributed by atoms with Gasteiger partial charge in [0, 0.05) is 24.8 Å². The van der Waals surface area contributed by atoms with E-state index in [1.54, 1.807) is 7.11 Å². The minimum atomic E-state index is 0.570. The molecule has 0 aliphatic carbocycles. The quantitative estimate of drug-likeness (QED) is 0.788. The molecular formula is C17H18N2O. The molecule has 0 fully saturated rings. The Hall–Kier alpha value is -2.26. The van der Waals surface area contributed by atoms with Gasteiger partial charge in [0.1, 0.15) is 5.75 Å². The van der Waals surface area contributed by atoms with Crippen molar-refractivity contribution in [3.63, 3.8) is 0 Å². The Kier molecular flexibility index (Phi) is 3.44. The standard InChI is InChI=1S/C17H18N2O/c1-20-16-4-2-3-14(9-16)12-19-8-7-15-6-5-13(11-18)10-17(15)19/h2-10H,11-12,18H2,1H3. The molecule has 0 aliphatic rings. The van der Waals surface area contributed by atoms with E-state index < -0.39 is 0 Å². The lowest BCUT2D eigenvalue weighted by Crippen LogP contribution is -2.00. The van der Waals surface area contributed by atoms with Crippen LogP contribution in [-0.2, 0) is 13.1 Å². The van der Waals surface area contributed by atoms with E-state index in [4.69, 9.17) is 10.5 Å². The summed E-state index contributed by atoms with van der Waals surface area (Å²) in [5.74, 6) is 0.890. The van der Waals surface area contributed by atoms with E-state index >= 15 is 0 Å². The molecule has 2 aromatic carbocycles. The van der Waals surface area contributed by atoms with E-state index in [2.05, 4.69) is 47.2 Å². The molecule has 0 radical (unpaired) electrons. The summed E-state index contributed by atoms with van der Waals surface area (Å²) < 4.78 is 7.51. The number of nitrogens with two attached hydrogens (primary N) is 1. The third-order valence-electron chi connectivity index (χ3n) is 3.56. The predicted octanol–water partition coefficient (Wildman–Crippen LogP) is 3.16. The minimum Gasteiger partial charge on any atom is -0.497 e. The molecule has 20 heavy (non-hydrogen) atoms. The number of methoxy groups -OCH3 is 1. The Morgan fingerprint density at radius 2 is 1.95 bits per heavy atom. The molecule has 3 aromatic rings. The van der Waals surface area contributed by atoms with E-state index in [-0.39, 0.29) is 0 Å². The predicted molar refractivity (Wildman–Crippen MR) is 81.9 cm³/mol. The second-order valence-corrected chi connectivity index (χ2v) is 4.89. The molecule has 0 amide bonds. The number of rotatable bonds is 4. The van der Waals surface area contributed by atoms with Crippen LogP contribution in [-0.4, -0.2) is 11.7 Å². The Morgan fingerprint density at radius 3 is 2.75 bits per heavy atom. The van der Waals surface area contributed by atoms with E-state index in [1.165, 1.54) is 16.5 Å². The number of nitrogens with zero attached hydrogens (tertiary/aromatic N) is 1. The van der Waals surface area contributed by atoms with Gasteiger partial charge >= 0.3 is 0 Å². The van der Waals surface area contributed by atoms with E-state index in [0.29, 0.717) is 6.54 Å². The summed E-state index contributed by atoms with van der Waals surface area (Å²) in [6.07, 6.45) is 2.12. The molecule has 1 heterocycles. The fourth-order valence-electron chi connectivity index (χ4n) is 2.46. The van der Waals surface area contributed by atoms with E-state index in [0.717, 1.165) is 17.9 Å². The van der Waals surface area contributed by atoms with Gasteiger partial charge in [0.2, 0.25) is 0 Å². The summed E-state index contributed by atoms with van der Waals surface area (Å²) in [7, 11) is 1.69. The van der Waals surface area contributed by atoms with E-state index in [1.807, 2.05) is 12.1 Å². The molecular weight excluding hydrogens is 248 g/mol. The lowest BCUT2D eigenvalue weighted by molar-refractivity contribution is 0.414. The summed E-state index contributed by atoms with van der Waals surface area (Å²) in [6, 6.07) is 16.7. The van der Waals surface area contributed by atoms with Crippen molar-refractivity contribution in [1.82, 2.24) is 4.57 Å². The van der Waals surface area contributed by atoms with Crippen LogP contribution in [0.25, 0.3) is 10.9 Å². The van der Waals surface area contributed by atoms with Gasteiger partial charge in [0.05, 0.1) is 7.11 Å². The molecule has 102 valence electrons. The van der Waals surface area contributed by atoms with Crippen LogP contribution in [0.4, 0.5) is 0 Å². The number of hydrogen-bond donors (Lipinski definition) is 1. The van der Waals surface area contributed by atoms with Crippen LogP contribution in [0.1, 0.15) is 11.1 Å². The molecule has 0 spiro atoms. The van der Waals surface area contributed by atoms with Crippen LogP contribution in [0.5, 0.6) is 5.75 Å². The van der Waals surface area contributed by atoms with Crippen LogP contribution in [0.15, 0.2) is 54.7 Å². The molecule has 3 heteroatoms. The first-order valence-corrected chi connectivity index (χ1v) is 6.71. The summed E-state index contributed by atoms with van der Waals surface area (Å²) >= 11 is 0. The van der Waals surface area contributed by atoms with Gasteiger partial charge in [-0.1, -0.05) is 24.3 Å². The summed E-state index contributed by atoms with van der Waals surface area (Å²) in [5.41, 5.74) is 9.32. The second kappa shape index (κ2) is 5.39. The largest absolute Gasteiger partial charge is 0.497 e. The molecule has 0 unspecified atom stereocenters. The lowest BCUT2D eigenvalue weighted by atomic mass is 10.1. The first kappa shape index (κ1) is 12.8. The number of hydrogen-bond acceptors (Lipinski definition) is 2. The fourth-order valence-corrected chi connectivity index (χ4v) is 2.46. The van der Waals surface area contributed by atoms with Crippen LogP contribution in [0.3, 0.4) is 0 Å². The third-order valence-corrected chi connectivity index (χ3v) is 3.56. The smallest absolute Gasteiger partial charge is 0.119 e. The molecule has 2 N–H and O–H groups in total. The van der Waals surface area contributed by atoms with Crippen molar-refractivity contribution >= 4 is 10.9 Å². The topological polar surface area (TPSA) is 40.2 Å². The van der Waals surface area contributed by atoms with Gasteiger partial charge in [-0.2, -0.15) is 0 Å². The van der Waals surface area contributed by atoms with Crippen molar-refractivity contribution in [2.75, 3.05) is 7.11 Å². The zero-order valence-corrected chi connectivity index (χ0v) is 11.5. The van der Waals surface area contributed by atoms with Gasteiger partial charge in [-0.05, 0) is 40.8 Å². The van der Waals surface area contributed by atoms with Crippen LogP contribution < -0.4 is 10.5 Å². The van der Waals surface area contributed by atoms with Crippen molar-refractivity contribution in [3.05, 3.63) is 65.9 Å². The average Bonchev–Trinajstić information content (AvgIpc) is 2.89. The van der Waals surface area contributed by atoms with Gasteiger partial charge in [0.25, 0.3) is 0 Å². The van der Waals surface area contributed by atoms with E-state index in [9.17, 15) is 0 Å². The Balaban J connectivity index is 1.97. The van der Waals surface area contributed by atoms with Gasteiger partial charge in [-0.3, -0.25) is 0 Å². The highest BCUT2D eigenvalue weighted by atomic mass is 16.5. The van der Waals surface area contributed by atoms with Gasteiger partial charge in [0.15, 0.2) is 0 Å². The number of fused-ring (bicyclic) bond motifs is 1. The summed E-state index contributed by atoms with van der Waals surface area (Å²) in [4.78, 5) is 0. The maximum atomic E-state index is 5.72. The van der Waals surface area contributed by atoms with Crippen molar-refractivity contribution in [2.24, 2.45) is 5.73 Å². The van der Waals surface area contributed by atoms with Crippen molar-refractivity contribution in [1.29, 1.82) is 0 Å². The minimum absolute atomic E-state index is 0.570.